The zero-order chi connectivity index (χ0) is 24.4. The molecule has 0 bridgehead atoms. The molecule has 3 heterocycles. The fourth-order valence-corrected chi connectivity index (χ4v) is 4.09. The molecule has 1 fully saturated rings. The van der Waals surface area contributed by atoms with E-state index in [1.54, 1.807) is 6.92 Å². The van der Waals surface area contributed by atoms with Crippen LogP contribution in [0.4, 0.5) is 14.7 Å². The zero-order valence-electron chi connectivity index (χ0n) is 19.1. The van der Waals surface area contributed by atoms with Crippen LogP contribution in [0.15, 0.2) is 24.5 Å². The van der Waals surface area contributed by atoms with E-state index in [1.807, 2.05) is 13.8 Å². The molecule has 1 aliphatic heterocycles. The van der Waals surface area contributed by atoms with Crippen molar-refractivity contribution >= 4 is 22.8 Å². The molecule has 4 rings (SSSR count). The minimum Gasteiger partial charge on any atom is -0.462 e. The van der Waals surface area contributed by atoms with E-state index in [9.17, 15) is 14.3 Å². The van der Waals surface area contributed by atoms with Crippen molar-refractivity contribution in [2.45, 2.75) is 45.3 Å². The summed E-state index contributed by atoms with van der Waals surface area (Å²) in [5, 5.41) is 13.6. The summed E-state index contributed by atoms with van der Waals surface area (Å²) in [6.07, 6.45) is 2.07. The summed E-state index contributed by atoms with van der Waals surface area (Å²) in [7, 11) is 0. The van der Waals surface area contributed by atoms with Crippen molar-refractivity contribution in [3.05, 3.63) is 47.3 Å². The molecule has 3 aromatic rings. The maximum atomic E-state index is 15.1. The smallest absolute Gasteiger partial charge is 0.340 e. The van der Waals surface area contributed by atoms with E-state index >= 15 is 4.39 Å². The fourth-order valence-electron chi connectivity index (χ4n) is 4.09. The summed E-state index contributed by atoms with van der Waals surface area (Å²) in [6, 6.07) is 2.27. The second-order valence-corrected chi connectivity index (χ2v) is 8.38. The Morgan fingerprint density at radius 3 is 2.76 bits per heavy atom. The third kappa shape index (κ3) is 4.69. The number of halogens is 2. The average Bonchev–Trinajstić information content (AvgIpc) is 2.80. The Labute approximate surface area is 195 Å². The van der Waals surface area contributed by atoms with Crippen LogP contribution in [-0.4, -0.2) is 58.0 Å². The fraction of sp³-hybridized carbons (Fsp3) is 0.417. The minimum atomic E-state index is -0.808. The summed E-state index contributed by atoms with van der Waals surface area (Å²) in [4.78, 5) is 24.9. The van der Waals surface area contributed by atoms with Crippen LogP contribution in [0.25, 0.3) is 22.2 Å². The van der Waals surface area contributed by atoms with Crippen LogP contribution >= 0.6 is 0 Å². The Hall–Kier alpha value is -3.24. The molecule has 0 amide bonds. The molecule has 2 aromatic heterocycles. The van der Waals surface area contributed by atoms with Crippen molar-refractivity contribution in [2.75, 3.05) is 25.1 Å². The first-order valence-electron chi connectivity index (χ1n) is 11.1. The Morgan fingerprint density at radius 1 is 1.26 bits per heavy atom. The number of benzene rings is 1. The second kappa shape index (κ2) is 9.94. The lowest BCUT2D eigenvalue weighted by atomic mass is 9.92. The number of hydrogen-bond acceptors (Lipinski definition) is 8. The van der Waals surface area contributed by atoms with Crippen LogP contribution in [0.1, 0.15) is 49.0 Å². The van der Waals surface area contributed by atoms with Gasteiger partial charge in [0.15, 0.2) is 5.82 Å². The summed E-state index contributed by atoms with van der Waals surface area (Å²) in [5.74, 6) is -2.11. The molecule has 0 spiro atoms. The summed E-state index contributed by atoms with van der Waals surface area (Å²) >= 11 is 0. The van der Waals surface area contributed by atoms with E-state index in [-0.39, 0.29) is 47.9 Å². The SMILES string of the molecule is CCOC(=O)c1cnc2cc(F)c(-c3nc(N[C@@H]4CCOC[C@H]4O)ncc3F)cc2c1C(C)C. The van der Waals surface area contributed by atoms with Crippen molar-refractivity contribution in [3.63, 3.8) is 0 Å². The molecule has 34 heavy (non-hydrogen) atoms. The monoisotopic (exact) mass is 472 g/mol. The molecule has 0 saturated carbocycles. The van der Waals surface area contributed by atoms with Crippen molar-refractivity contribution in [1.29, 1.82) is 0 Å². The van der Waals surface area contributed by atoms with E-state index in [4.69, 9.17) is 9.47 Å². The number of rotatable bonds is 6. The zero-order valence-corrected chi connectivity index (χ0v) is 19.1. The van der Waals surface area contributed by atoms with Gasteiger partial charge in [0.05, 0.1) is 42.6 Å². The Bertz CT molecular complexity index is 1220. The standard InChI is InChI=1S/C24H26F2N4O4/c1-4-34-23(32)15-9-27-19-8-16(25)13(7-14(19)21(15)12(2)3)22-17(26)10-28-24(30-22)29-18-5-6-33-11-20(18)31/h7-10,12,18,20,31H,4-6,11H2,1-3H3,(H,28,29,30)/t18-,20-/m1/s1. The van der Waals surface area contributed by atoms with E-state index in [2.05, 4.69) is 20.3 Å². The second-order valence-electron chi connectivity index (χ2n) is 8.38. The van der Waals surface area contributed by atoms with Gasteiger partial charge < -0.3 is 19.9 Å². The number of carbonyl (C=O) groups excluding carboxylic acids is 1. The van der Waals surface area contributed by atoms with Gasteiger partial charge in [0.1, 0.15) is 11.5 Å². The number of fused-ring (bicyclic) bond motifs is 1. The van der Waals surface area contributed by atoms with E-state index in [0.717, 1.165) is 6.20 Å². The van der Waals surface area contributed by atoms with E-state index in [0.29, 0.717) is 29.5 Å². The Morgan fingerprint density at radius 2 is 2.06 bits per heavy atom. The molecule has 1 saturated heterocycles. The Balaban J connectivity index is 1.81. The first-order valence-corrected chi connectivity index (χ1v) is 11.1. The van der Waals surface area contributed by atoms with Gasteiger partial charge in [-0.05, 0) is 30.9 Å². The number of pyridine rings is 1. The van der Waals surface area contributed by atoms with Gasteiger partial charge in [-0.15, -0.1) is 0 Å². The van der Waals surface area contributed by atoms with Gasteiger partial charge in [-0.3, -0.25) is 4.98 Å². The molecule has 0 radical (unpaired) electrons. The van der Waals surface area contributed by atoms with Gasteiger partial charge >= 0.3 is 5.97 Å². The Kier molecular flexibility index (Phi) is 6.99. The molecule has 180 valence electrons. The first-order chi connectivity index (χ1) is 16.3. The van der Waals surface area contributed by atoms with Crippen LogP contribution in [0.5, 0.6) is 0 Å². The molecule has 0 aliphatic carbocycles. The molecule has 1 aromatic carbocycles. The normalized spacial score (nSPS) is 18.3. The van der Waals surface area contributed by atoms with Gasteiger partial charge in [-0.25, -0.2) is 23.5 Å². The molecule has 0 unspecified atom stereocenters. The van der Waals surface area contributed by atoms with Crippen LogP contribution in [0, 0.1) is 11.6 Å². The molecule has 2 atom stereocenters. The lowest BCUT2D eigenvalue weighted by molar-refractivity contribution is -0.0136. The maximum absolute atomic E-state index is 15.1. The van der Waals surface area contributed by atoms with Crippen LogP contribution < -0.4 is 5.32 Å². The number of anilines is 1. The van der Waals surface area contributed by atoms with Crippen molar-refractivity contribution in [1.82, 2.24) is 15.0 Å². The minimum absolute atomic E-state index is 0.0596. The van der Waals surface area contributed by atoms with Crippen molar-refractivity contribution in [3.8, 4) is 11.3 Å². The maximum Gasteiger partial charge on any atom is 0.340 e. The van der Waals surface area contributed by atoms with Gasteiger partial charge in [0, 0.05) is 29.8 Å². The quantitative estimate of drug-likeness (QED) is 0.522. The molecule has 10 heteroatoms. The summed E-state index contributed by atoms with van der Waals surface area (Å²) in [5.41, 5.74) is 0.905. The van der Waals surface area contributed by atoms with E-state index < -0.39 is 23.7 Å². The van der Waals surface area contributed by atoms with Crippen molar-refractivity contribution < 1.29 is 28.2 Å². The number of hydrogen-bond donors (Lipinski definition) is 2. The summed E-state index contributed by atoms with van der Waals surface area (Å²) in [6.45, 7) is 6.32. The third-order valence-electron chi connectivity index (χ3n) is 5.71. The number of ether oxygens (including phenoxy) is 2. The van der Waals surface area contributed by atoms with Crippen molar-refractivity contribution in [2.24, 2.45) is 0 Å². The van der Waals surface area contributed by atoms with E-state index in [1.165, 1.54) is 18.3 Å². The molecular weight excluding hydrogens is 446 g/mol. The van der Waals surface area contributed by atoms with Crippen LogP contribution in [0.2, 0.25) is 0 Å². The number of esters is 1. The van der Waals surface area contributed by atoms with Gasteiger partial charge in [0.25, 0.3) is 0 Å². The molecular formula is C24H26F2N4O4. The van der Waals surface area contributed by atoms with Gasteiger partial charge in [-0.2, -0.15) is 0 Å². The van der Waals surface area contributed by atoms with Crippen LogP contribution in [-0.2, 0) is 9.47 Å². The molecule has 1 aliphatic rings. The first kappa shape index (κ1) is 23.9. The lowest BCUT2D eigenvalue weighted by Gasteiger charge is -2.28. The predicted octanol–water partition coefficient (Wildman–Crippen LogP) is 3.83. The number of nitrogens with zero attached hydrogens (tertiary/aromatic N) is 3. The topological polar surface area (TPSA) is 106 Å². The highest BCUT2D eigenvalue weighted by atomic mass is 19.1. The largest absolute Gasteiger partial charge is 0.462 e. The number of aliphatic hydroxyl groups is 1. The highest BCUT2D eigenvalue weighted by molar-refractivity contribution is 5.98. The number of aromatic nitrogens is 3. The highest BCUT2D eigenvalue weighted by Crippen LogP contribution is 2.34. The summed E-state index contributed by atoms with van der Waals surface area (Å²) < 4.78 is 40.3. The van der Waals surface area contributed by atoms with Gasteiger partial charge in [-0.1, -0.05) is 13.8 Å². The number of aliphatic hydroxyl groups excluding tert-OH is 1. The highest BCUT2D eigenvalue weighted by Gasteiger charge is 2.26. The number of carbonyl (C=O) groups is 1. The van der Waals surface area contributed by atoms with Crippen LogP contribution in [0.3, 0.4) is 0 Å². The number of nitrogens with one attached hydrogen (secondary N) is 1. The lowest BCUT2D eigenvalue weighted by Crippen LogP contribution is -2.42. The third-order valence-corrected chi connectivity index (χ3v) is 5.71. The van der Waals surface area contributed by atoms with Gasteiger partial charge in [0.2, 0.25) is 5.95 Å². The predicted molar refractivity (Wildman–Crippen MR) is 122 cm³/mol. The molecule has 2 N–H and O–H groups in total. The molecule has 8 nitrogen and oxygen atoms in total. The average molecular weight is 472 g/mol.